The third kappa shape index (κ3) is 5.33. The lowest BCUT2D eigenvalue weighted by molar-refractivity contribution is -0.133. The molecule has 2 N–H and O–H groups in total. The molecule has 0 fully saturated rings. The van der Waals surface area contributed by atoms with Gasteiger partial charge in [-0.05, 0) is 34.0 Å². The van der Waals surface area contributed by atoms with Gasteiger partial charge in [0.1, 0.15) is 0 Å². The van der Waals surface area contributed by atoms with Crippen molar-refractivity contribution < 1.29 is 18.8 Å². The summed E-state index contributed by atoms with van der Waals surface area (Å²) in [5.41, 5.74) is 2.23. The highest BCUT2D eigenvalue weighted by Crippen LogP contribution is 2.13. The zero-order valence-corrected chi connectivity index (χ0v) is 11.7. The first-order chi connectivity index (χ1) is 8.49. The van der Waals surface area contributed by atoms with Crippen LogP contribution in [0.15, 0.2) is 21.2 Å². The van der Waals surface area contributed by atoms with Crippen LogP contribution < -0.4 is 10.8 Å². The Morgan fingerprint density at radius 2 is 2.17 bits per heavy atom. The summed E-state index contributed by atoms with van der Waals surface area (Å²) in [6.07, 6.45) is 0. The van der Waals surface area contributed by atoms with Crippen molar-refractivity contribution in [1.82, 2.24) is 10.8 Å². The van der Waals surface area contributed by atoms with Crippen molar-refractivity contribution >= 4 is 27.7 Å². The standard InChI is InChI=1S/C11H15BrN2O4/c1-7(2)6-17-14-10(15)5-13-11(16)8-3-4-9(12)18-8/h3-4,7H,5-6H2,1-2H3,(H,13,16)(H,14,15). The van der Waals surface area contributed by atoms with Crippen LogP contribution >= 0.6 is 15.9 Å². The molecule has 100 valence electrons. The first-order valence-corrected chi connectivity index (χ1v) is 6.22. The SMILES string of the molecule is CC(C)CONC(=O)CNC(=O)c1ccc(Br)o1. The van der Waals surface area contributed by atoms with E-state index in [-0.39, 0.29) is 12.3 Å². The van der Waals surface area contributed by atoms with E-state index in [1.165, 1.54) is 6.07 Å². The second kappa shape index (κ2) is 7.17. The lowest BCUT2D eigenvalue weighted by Gasteiger charge is -2.08. The summed E-state index contributed by atoms with van der Waals surface area (Å²) in [5.74, 6) is -0.424. The molecule has 0 spiro atoms. The zero-order chi connectivity index (χ0) is 13.5. The number of rotatable bonds is 6. The quantitative estimate of drug-likeness (QED) is 0.778. The predicted molar refractivity (Wildman–Crippen MR) is 67.7 cm³/mol. The summed E-state index contributed by atoms with van der Waals surface area (Å²) in [4.78, 5) is 27.7. The number of amides is 2. The van der Waals surface area contributed by atoms with Crippen LogP contribution in [0.25, 0.3) is 0 Å². The van der Waals surface area contributed by atoms with Crippen LogP contribution in [-0.4, -0.2) is 25.0 Å². The Labute approximate surface area is 113 Å². The van der Waals surface area contributed by atoms with E-state index < -0.39 is 11.8 Å². The molecular weight excluding hydrogens is 304 g/mol. The van der Waals surface area contributed by atoms with E-state index in [1.807, 2.05) is 13.8 Å². The molecule has 0 unspecified atom stereocenters. The smallest absolute Gasteiger partial charge is 0.287 e. The molecule has 0 radical (unpaired) electrons. The summed E-state index contributed by atoms with van der Waals surface area (Å²) in [6, 6.07) is 3.10. The van der Waals surface area contributed by atoms with Crippen molar-refractivity contribution in [1.29, 1.82) is 0 Å². The fourth-order valence-electron chi connectivity index (χ4n) is 1.01. The minimum Gasteiger partial charge on any atom is -0.444 e. The molecule has 18 heavy (non-hydrogen) atoms. The van der Waals surface area contributed by atoms with Crippen molar-refractivity contribution in [3.05, 3.63) is 22.6 Å². The second-order valence-corrected chi connectivity index (χ2v) is 4.80. The van der Waals surface area contributed by atoms with Crippen LogP contribution in [-0.2, 0) is 9.63 Å². The van der Waals surface area contributed by atoms with Gasteiger partial charge < -0.3 is 9.73 Å². The molecule has 0 aliphatic rings. The van der Waals surface area contributed by atoms with E-state index in [0.29, 0.717) is 17.2 Å². The number of hydrogen-bond donors (Lipinski definition) is 2. The lowest BCUT2D eigenvalue weighted by atomic mass is 10.2. The summed E-state index contributed by atoms with van der Waals surface area (Å²) < 4.78 is 5.49. The van der Waals surface area contributed by atoms with Crippen LogP contribution in [0, 0.1) is 5.92 Å². The van der Waals surface area contributed by atoms with E-state index >= 15 is 0 Å². The number of nitrogens with one attached hydrogen (secondary N) is 2. The summed E-state index contributed by atoms with van der Waals surface area (Å²) in [5, 5.41) is 2.40. The first-order valence-electron chi connectivity index (χ1n) is 5.43. The molecule has 0 bridgehead atoms. The van der Waals surface area contributed by atoms with E-state index in [1.54, 1.807) is 6.07 Å². The molecule has 2 amide bonds. The molecule has 0 aromatic carbocycles. The Morgan fingerprint density at radius 3 is 2.72 bits per heavy atom. The molecule has 1 heterocycles. The van der Waals surface area contributed by atoms with Crippen LogP contribution in [0.4, 0.5) is 0 Å². The fraction of sp³-hybridized carbons (Fsp3) is 0.455. The fourth-order valence-corrected chi connectivity index (χ4v) is 1.32. The van der Waals surface area contributed by atoms with Crippen LogP contribution in [0.2, 0.25) is 0 Å². The highest BCUT2D eigenvalue weighted by molar-refractivity contribution is 9.10. The molecule has 1 rings (SSSR count). The first kappa shape index (κ1) is 14.7. The van der Waals surface area contributed by atoms with Crippen LogP contribution in [0.5, 0.6) is 0 Å². The predicted octanol–water partition coefficient (Wildman–Crippen LogP) is 1.48. The van der Waals surface area contributed by atoms with Crippen LogP contribution in [0.1, 0.15) is 24.4 Å². The lowest BCUT2D eigenvalue weighted by Crippen LogP contribution is -2.37. The van der Waals surface area contributed by atoms with Crippen molar-refractivity contribution in [2.24, 2.45) is 5.92 Å². The van der Waals surface area contributed by atoms with Crippen molar-refractivity contribution in [3.8, 4) is 0 Å². The average molecular weight is 319 g/mol. The normalized spacial score (nSPS) is 10.4. The van der Waals surface area contributed by atoms with Crippen molar-refractivity contribution in [2.45, 2.75) is 13.8 Å². The van der Waals surface area contributed by atoms with E-state index in [2.05, 4.69) is 26.7 Å². The average Bonchev–Trinajstić information content (AvgIpc) is 2.72. The highest BCUT2D eigenvalue weighted by Gasteiger charge is 2.11. The maximum absolute atomic E-state index is 11.5. The monoisotopic (exact) mass is 318 g/mol. The van der Waals surface area contributed by atoms with Gasteiger partial charge in [0, 0.05) is 0 Å². The van der Waals surface area contributed by atoms with Gasteiger partial charge in [-0.3, -0.25) is 14.4 Å². The molecule has 6 nitrogen and oxygen atoms in total. The summed E-state index contributed by atoms with van der Waals surface area (Å²) >= 11 is 3.08. The third-order valence-electron chi connectivity index (χ3n) is 1.81. The van der Waals surface area contributed by atoms with Gasteiger partial charge in [0.05, 0.1) is 13.2 Å². The van der Waals surface area contributed by atoms with Gasteiger partial charge in [-0.25, -0.2) is 5.48 Å². The molecule has 0 aliphatic carbocycles. The minimum atomic E-state index is -0.459. The molecule has 7 heteroatoms. The Balaban J connectivity index is 2.24. The largest absolute Gasteiger partial charge is 0.444 e. The number of hydroxylamine groups is 1. The van der Waals surface area contributed by atoms with Crippen LogP contribution in [0.3, 0.4) is 0 Å². The topological polar surface area (TPSA) is 80.6 Å². The maximum atomic E-state index is 11.5. The van der Waals surface area contributed by atoms with Gasteiger partial charge in [-0.15, -0.1) is 0 Å². The molecule has 1 aromatic rings. The van der Waals surface area contributed by atoms with Gasteiger partial charge in [0.25, 0.3) is 11.8 Å². The van der Waals surface area contributed by atoms with Crippen molar-refractivity contribution in [3.63, 3.8) is 0 Å². The van der Waals surface area contributed by atoms with Gasteiger partial charge >= 0.3 is 0 Å². The Kier molecular flexibility index (Phi) is 5.87. The van der Waals surface area contributed by atoms with Gasteiger partial charge in [-0.1, -0.05) is 13.8 Å². The summed E-state index contributed by atoms with van der Waals surface area (Å²) in [6.45, 7) is 4.17. The summed E-state index contributed by atoms with van der Waals surface area (Å²) in [7, 11) is 0. The molecule has 1 aromatic heterocycles. The van der Waals surface area contributed by atoms with Crippen molar-refractivity contribution in [2.75, 3.05) is 13.2 Å². The maximum Gasteiger partial charge on any atom is 0.287 e. The zero-order valence-electron chi connectivity index (χ0n) is 10.2. The minimum absolute atomic E-state index is 0.137. The second-order valence-electron chi connectivity index (χ2n) is 4.02. The van der Waals surface area contributed by atoms with E-state index in [9.17, 15) is 9.59 Å². The number of halogens is 1. The molecule has 0 saturated heterocycles. The molecule has 0 saturated carbocycles. The van der Waals surface area contributed by atoms with Gasteiger partial charge in [-0.2, -0.15) is 0 Å². The number of carbonyl (C=O) groups is 2. The number of furan rings is 1. The Morgan fingerprint density at radius 1 is 1.44 bits per heavy atom. The highest BCUT2D eigenvalue weighted by atomic mass is 79.9. The molecular formula is C11H15BrN2O4. The Hall–Kier alpha value is -1.34. The van der Waals surface area contributed by atoms with Gasteiger partial charge in [0.2, 0.25) is 0 Å². The molecule has 0 atom stereocenters. The van der Waals surface area contributed by atoms with E-state index in [0.717, 1.165) is 0 Å². The third-order valence-corrected chi connectivity index (χ3v) is 2.24. The van der Waals surface area contributed by atoms with E-state index in [4.69, 9.17) is 9.25 Å². The molecule has 0 aliphatic heterocycles. The number of carbonyl (C=O) groups excluding carboxylic acids is 2. The van der Waals surface area contributed by atoms with Gasteiger partial charge in [0.15, 0.2) is 10.4 Å². The Bertz CT molecular complexity index is 417. The number of hydrogen-bond acceptors (Lipinski definition) is 4.